The highest BCUT2D eigenvalue weighted by Gasteiger charge is 2.32. The van der Waals surface area contributed by atoms with E-state index in [-0.39, 0.29) is 18.1 Å². The molecule has 0 aliphatic rings. The third-order valence-electron chi connectivity index (χ3n) is 1.96. The Labute approximate surface area is 89.8 Å². The maximum absolute atomic E-state index is 13.2. The Morgan fingerprint density at radius 3 is 2.38 bits per heavy atom. The first kappa shape index (κ1) is 12.8. The molecule has 0 atom stereocenters. The van der Waals surface area contributed by atoms with E-state index in [9.17, 15) is 17.6 Å². The van der Waals surface area contributed by atoms with Crippen molar-refractivity contribution in [2.24, 2.45) is 0 Å². The second-order valence-corrected chi connectivity index (χ2v) is 3.13. The molecule has 1 aromatic rings. The topological polar surface area (TPSA) is 18.5 Å². The molecule has 2 nitrogen and oxygen atoms in total. The zero-order valence-electron chi connectivity index (χ0n) is 8.69. The lowest BCUT2D eigenvalue weighted by Gasteiger charge is -2.13. The minimum absolute atomic E-state index is 0.0186. The fraction of sp³-hybridized carbons (Fsp3) is 0.400. The van der Waals surface area contributed by atoms with Crippen LogP contribution in [0.5, 0.6) is 5.75 Å². The van der Waals surface area contributed by atoms with Gasteiger partial charge in [-0.05, 0) is 19.1 Å². The van der Waals surface area contributed by atoms with Gasteiger partial charge in [0.1, 0.15) is 11.6 Å². The van der Waals surface area contributed by atoms with Crippen molar-refractivity contribution in [1.29, 1.82) is 0 Å². The Balaban J connectivity index is 3.12. The molecule has 6 heteroatoms. The van der Waals surface area contributed by atoms with Gasteiger partial charge in [0.15, 0.2) is 6.79 Å². The van der Waals surface area contributed by atoms with Gasteiger partial charge in [0.05, 0.1) is 5.56 Å². The summed E-state index contributed by atoms with van der Waals surface area (Å²) in [7, 11) is 1.32. The number of rotatable bonds is 3. The van der Waals surface area contributed by atoms with E-state index < -0.39 is 17.6 Å². The molecule has 90 valence electrons. The van der Waals surface area contributed by atoms with Crippen LogP contribution < -0.4 is 4.74 Å². The minimum Gasteiger partial charge on any atom is -0.467 e. The number of ether oxygens (including phenoxy) is 2. The Bertz CT molecular complexity index is 374. The van der Waals surface area contributed by atoms with E-state index in [1.54, 1.807) is 0 Å². The fourth-order valence-corrected chi connectivity index (χ4v) is 1.09. The maximum Gasteiger partial charge on any atom is 0.416 e. The SMILES string of the molecule is COCOc1cc(C(F)(F)F)cc(F)c1C. The summed E-state index contributed by atoms with van der Waals surface area (Å²) < 4.78 is 59.6. The Hall–Kier alpha value is -1.30. The van der Waals surface area contributed by atoms with Crippen molar-refractivity contribution in [3.05, 3.63) is 29.1 Å². The van der Waals surface area contributed by atoms with E-state index in [1.807, 2.05) is 0 Å². The monoisotopic (exact) mass is 238 g/mol. The summed E-state index contributed by atoms with van der Waals surface area (Å²) in [5.41, 5.74) is -1.06. The van der Waals surface area contributed by atoms with Crippen molar-refractivity contribution in [2.45, 2.75) is 13.1 Å². The first-order valence-electron chi connectivity index (χ1n) is 4.35. The standard InChI is InChI=1S/C10H10F4O2/c1-6-8(11)3-7(10(12,13)14)4-9(6)16-5-15-2/h3-4H,5H2,1-2H3. The van der Waals surface area contributed by atoms with E-state index in [4.69, 9.17) is 4.74 Å². The fourth-order valence-electron chi connectivity index (χ4n) is 1.09. The van der Waals surface area contributed by atoms with Crippen molar-refractivity contribution in [3.63, 3.8) is 0 Å². The highest BCUT2D eigenvalue weighted by atomic mass is 19.4. The Morgan fingerprint density at radius 1 is 1.25 bits per heavy atom. The van der Waals surface area contributed by atoms with Crippen LogP contribution in [-0.4, -0.2) is 13.9 Å². The first-order valence-corrected chi connectivity index (χ1v) is 4.35. The number of alkyl halides is 3. The van der Waals surface area contributed by atoms with Crippen LogP contribution >= 0.6 is 0 Å². The molecule has 0 saturated heterocycles. The number of halogens is 4. The zero-order valence-corrected chi connectivity index (χ0v) is 8.69. The van der Waals surface area contributed by atoms with Gasteiger partial charge in [0.2, 0.25) is 0 Å². The lowest BCUT2D eigenvalue weighted by atomic mass is 10.1. The molecule has 0 radical (unpaired) electrons. The third-order valence-corrected chi connectivity index (χ3v) is 1.96. The van der Waals surface area contributed by atoms with Crippen LogP contribution in [0.1, 0.15) is 11.1 Å². The number of hydrogen-bond donors (Lipinski definition) is 0. The van der Waals surface area contributed by atoms with Gasteiger partial charge in [-0.25, -0.2) is 4.39 Å². The predicted molar refractivity (Wildman–Crippen MR) is 48.6 cm³/mol. The molecular formula is C10H10F4O2. The molecule has 0 N–H and O–H groups in total. The van der Waals surface area contributed by atoms with Crippen LogP contribution in [0.25, 0.3) is 0 Å². The van der Waals surface area contributed by atoms with Crippen LogP contribution in [0.4, 0.5) is 17.6 Å². The molecule has 16 heavy (non-hydrogen) atoms. The van der Waals surface area contributed by atoms with Crippen molar-refractivity contribution in [1.82, 2.24) is 0 Å². The molecule has 0 bridgehead atoms. The van der Waals surface area contributed by atoms with Crippen molar-refractivity contribution in [3.8, 4) is 5.75 Å². The first-order chi connectivity index (χ1) is 7.36. The summed E-state index contributed by atoms with van der Waals surface area (Å²) in [6, 6.07) is 1.19. The quantitative estimate of drug-likeness (QED) is 0.595. The molecule has 0 aliphatic heterocycles. The second kappa shape index (κ2) is 4.69. The smallest absolute Gasteiger partial charge is 0.416 e. The van der Waals surface area contributed by atoms with E-state index in [1.165, 1.54) is 14.0 Å². The molecule has 0 fully saturated rings. The van der Waals surface area contributed by atoms with E-state index >= 15 is 0 Å². The van der Waals surface area contributed by atoms with Gasteiger partial charge in [-0.1, -0.05) is 0 Å². The van der Waals surface area contributed by atoms with Gasteiger partial charge < -0.3 is 9.47 Å². The normalized spacial score (nSPS) is 11.6. The summed E-state index contributed by atoms with van der Waals surface area (Å²) in [5, 5.41) is 0. The van der Waals surface area contributed by atoms with Gasteiger partial charge in [0, 0.05) is 12.7 Å². The van der Waals surface area contributed by atoms with Gasteiger partial charge in [-0.15, -0.1) is 0 Å². The number of benzene rings is 1. The van der Waals surface area contributed by atoms with E-state index in [0.717, 1.165) is 6.07 Å². The van der Waals surface area contributed by atoms with Crippen molar-refractivity contribution < 1.29 is 27.0 Å². The summed E-state index contributed by atoms with van der Waals surface area (Å²) in [6.07, 6.45) is -4.60. The van der Waals surface area contributed by atoms with Crippen LogP contribution in [0.3, 0.4) is 0 Å². The highest BCUT2D eigenvalue weighted by molar-refractivity contribution is 5.38. The van der Waals surface area contributed by atoms with Gasteiger partial charge >= 0.3 is 6.18 Å². The van der Waals surface area contributed by atoms with Crippen molar-refractivity contribution in [2.75, 3.05) is 13.9 Å². The van der Waals surface area contributed by atoms with Crippen LogP contribution in [0.15, 0.2) is 12.1 Å². The summed E-state index contributed by atoms with van der Waals surface area (Å²) in [5.74, 6) is -1.13. The molecule has 0 spiro atoms. The minimum atomic E-state index is -4.60. The molecule has 1 aromatic carbocycles. The Kier molecular flexibility index (Phi) is 3.74. The van der Waals surface area contributed by atoms with Crippen LogP contribution in [0.2, 0.25) is 0 Å². The van der Waals surface area contributed by atoms with Gasteiger partial charge in [-0.2, -0.15) is 13.2 Å². The number of hydrogen-bond acceptors (Lipinski definition) is 2. The van der Waals surface area contributed by atoms with Gasteiger partial charge in [-0.3, -0.25) is 0 Å². The third kappa shape index (κ3) is 2.85. The molecule has 1 rings (SSSR count). The summed E-state index contributed by atoms with van der Waals surface area (Å²) in [6.45, 7) is 1.10. The lowest BCUT2D eigenvalue weighted by Crippen LogP contribution is -2.08. The molecular weight excluding hydrogens is 228 g/mol. The van der Waals surface area contributed by atoms with E-state index in [2.05, 4.69) is 4.74 Å². The number of methoxy groups -OCH3 is 1. The zero-order chi connectivity index (χ0) is 12.3. The van der Waals surface area contributed by atoms with Gasteiger partial charge in [0.25, 0.3) is 0 Å². The lowest BCUT2D eigenvalue weighted by molar-refractivity contribution is -0.138. The largest absolute Gasteiger partial charge is 0.467 e. The average Bonchev–Trinajstić information content (AvgIpc) is 2.18. The highest BCUT2D eigenvalue weighted by Crippen LogP contribution is 2.34. The predicted octanol–water partition coefficient (Wildman–Crippen LogP) is 3.14. The second-order valence-electron chi connectivity index (χ2n) is 3.13. The molecule has 0 aromatic heterocycles. The summed E-state index contributed by atoms with van der Waals surface area (Å²) >= 11 is 0. The summed E-state index contributed by atoms with van der Waals surface area (Å²) in [4.78, 5) is 0. The van der Waals surface area contributed by atoms with Crippen LogP contribution in [-0.2, 0) is 10.9 Å². The molecule has 0 heterocycles. The molecule has 0 amide bonds. The van der Waals surface area contributed by atoms with Crippen molar-refractivity contribution >= 4 is 0 Å². The van der Waals surface area contributed by atoms with Crippen LogP contribution in [0, 0.1) is 12.7 Å². The molecule has 0 unspecified atom stereocenters. The average molecular weight is 238 g/mol. The van der Waals surface area contributed by atoms with E-state index in [0.29, 0.717) is 6.07 Å². The molecule has 0 saturated carbocycles. The molecule has 0 aliphatic carbocycles. The maximum atomic E-state index is 13.2. The Morgan fingerprint density at radius 2 is 1.88 bits per heavy atom.